The molecule has 0 aromatic heterocycles. The van der Waals surface area contributed by atoms with Crippen molar-refractivity contribution in [2.75, 3.05) is 13.2 Å². The fraction of sp³-hybridized carbons (Fsp3) is 0.818. The van der Waals surface area contributed by atoms with Gasteiger partial charge in [-0.2, -0.15) is 0 Å². The van der Waals surface area contributed by atoms with Gasteiger partial charge in [0.2, 0.25) is 0 Å². The monoisotopic (exact) mass is 245 g/mol. The van der Waals surface area contributed by atoms with Gasteiger partial charge >= 0.3 is 12.1 Å². The number of rotatable bonds is 1. The summed E-state index contributed by atoms with van der Waals surface area (Å²) in [7, 11) is 0. The lowest BCUT2D eigenvalue weighted by molar-refractivity contribution is -0.193. The van der Waals surface area contributed by atoms with Crippen molar-refractivity contribution in [2.45, 2.75) is 39.3 Å². The molecule has 6 nitrogen and oxygen atoms in total. The first-order chi connectivity index (χ1) is 7.60. The molecule has 0 bridgehead atoms. The Morgan fingerprint density at radius 2 is 1.88 bits per heavy atom. The summed E-state index contributed by atoms with van der Waals surface area (Å²) in [6.45, 7) is 7.15. The van der Waals surface area contributed by atoms with Crippen LogP contribution in [0.4, 0.5) is 4.79 Å². The van der Waals surface area contributed by atoms with Crippen molar-refractivity contribution in [1.82, 2.24) is 4.90 Å². The number of ether oxygens (including phenoxy) is 1. The van der Waals surface area contributed by atoms with Gasteiger partial charge in [-0.3, -0.25) is 4.90 Å². The van der Waals surface area contributed by atoms with E-state index in [0.717, 1.165) is 4.90 Å². The normalized spacial score (nSPS) is 30.1. The number of aliphatic carboxylic acids is 1. The van der Waals surface area contributed by atoms with E-state index in [0.29, 0.717) is 0 Å². The second kappa shape index (κ2) is 4.18. The molecule has 6 heteroatoms. The average molecular weight is 245 g/mol. The second-order valence-corrected chi connectivity index (χ2v) is 5.51. The molecule has 0 saturated carbocycles. The standard InChI is InChI=1S/C11H19NO5/c1-10(2,3)7-11(4,8(13)14)17-6-5-12(7)9(15)16/h7H,5-6H2,1-4H3,(H,13,14)(H,15,16)/t7-,11?/m1/s1. The Bertz CT molecular complexity index is 335. The van der Waals surface area contributed by atoms with Gasteiger partial charge in [0.15, 0.2) is 5.60 Å². The summed E-state index contributed by atoms with van der Waals surface area (Å²) in [6, 6.07) is -0.723. The van der Waals surface area contributed by atoms with Crippen molar-refractivity contribution in [2.24, 2.45) is 5.41 Å². The van der Waals surface area contributed by atoms with Crippen LogP contribution in [-0.4, -0.2) is 52.0 Å². The van der Waals surface area contributed by atoms with Crippen molar-refractivity contribution in [3.05, 3.63) is 0 Å². The van der Waals surface area contributed by atoms with Gasteiger partial charge < -0.3 is 14.9 Å². The summed E-state index contributed by atoms with van der Waals surface area (Å²) in [4.78, 5) is 23.7. The number of carboxylic acid groups (broad SMARTS) is 2. The third kappa shape index (κ3) is 2.36. The second-order valence-electron chi connectivity index (χ2n) is 5.51. The number of nitrogens with zero attached hydrogens (tertiary/aromatic N) is 1. The molecule has 0 aliphatic carbocycles. The molecule has 17 heavy (non-hydrogen) atoms. The largest absolute Gasteiger partial charge is 0.479 e. The predicted octanol–water partition coefficient (Wildman–Crippen LogP) is 1.25. The molecule has 1 heterocycles. The Labute approximate surface area is 100 Å². The molecule has 1 saturated heterocycles. The zero-order chi connectivity index (χ0) is 13.4. The third-order valence-corrected chi connectivity index (χ3v) is 3.06. The summed E-state index contributed by atoms with van der Waals surface area (Å²) >= 11 is 0. The molecule has 2 N–H and O–H groups in total. The van der Waals surface area contributed by atoms with Crippen LogP contribution in [0.1, 0.15) is 27.7 Å². The molecule has 0 radical (unpaired) electrons. The third-order valence-electron chi connectivity index (χ3n) is 3.06. The minimum Gasteiger partial charge on any atom is -0.479 e. The van der Waals surface area contributed by atoms with Gasteiger partial charge in [-0.05, 0) is 12.3 Å². The molecule has 1 fully saturated rings. The maximum Gasteiger partial charge on any atom is 0.407 e. The smallest absolute Gasteiger partial charge is 0.407 e. The maximum atomic E-state index is 11.4. The number of carbonyl (C=O) groups is 2. The minimum atomic E-state index is -1.51. The first kappa shape index (κ1) is 13.8. The molecule has 0 aromatic rings. The zero-order valence-electron chi connectivity index (χ0n) is 10.6. The molecular weight excluding hydrogens is 226 g/mol. The van der Waals surface area contributed by atoms with Crippen LogP contribution in [0.2, 0.25) is 0 Å². The molecule has 1 rings (SSSR count). The van der Waals surface area contributed by atoms with E-state index in [-0.39, 0.29) is 13.2 Å². The van der Waals surface area contributed by atoms with E-state index in [1.807, 2.05) is 20.8 Å². The molecule has 1 aliphatic rings. The van der Waals surface area contributed by atoms with E-state index in [1.54, 1.807) is 0 Å². The van der Waals surface area contributed by atoms with Crippen molar-refractivity contribution in [3.8, 4) is 0 Å². The van der Waals surface area contributed by atoms with Crippen molar-refractivity contribution < 1.29 is 24.5 Å². The van der Waals surface area contributed by atoms with Crippen LogP contribution in [0.5, 0.6) is 0 Å². The van der Waals surface area contributed by atoms with Crippen molar-refractivity contribution >= 4 is 12.1 Å². The van der Waals surface area contributed by atoms with Crippen LogP contribution in [-0.2, 0) is 9.53 Å². The molecule has 2 atom stereocenters. The van der Waals surface area contributed by atoms with Crippen molar-refractivity contribution in [3.63, 3.8) is 0 Å². The van der Waals surface area contributed by atoms with E-state index in [2.05, 4.69) is 0 Å². The SMILES string of the molecule is CC(C)(C)[C@H]1N(C(=O)O)CCOC1(C)C(=O)O. The Kier molecular flexibility index (Phi) is 3.38. The number of hydrogen-bond donors (Lipinski definition) is 2. The first-order valence-electron chi connectivity index (χ1n) is 5.47. The lowest BCUT2D eigenvalue weighted by atomic mass is 9.75. The van der Waals surface area contributed by atoms with E-state index in [1.165, 1.54) is 6.92 Å². The number of carboxylic acids is 1. The van der Waals surface area contributed by atoms with Crippen LogP contribution < -0.4 is 0 Å². The highest BCUT2D eigenvalue weighted by atomic mass is 16.5. The van der Waals surface area contributed by atoms with Crippen LogP contribution in [0.15, 0.2) is 0 Å². The first-order valence-corrected chi connectivity index (χ1v) is 5.47. The summed E-state index contributed by atoms with van der Waals surface area (Å²) in [5.41, 5.74) is -2.03. The highest BCUT2D eigenvalue weighted by Crippen LogP contribution is 2.37. The highest BCUT2D eigenvalue weighted by Gasteiger charge is 2.54. The molecular formula is C11H19NO5. The van der Waals surface area contributed by atoms with Gasteiger partial charge in [0.1, 0.15) is 0 Å². The lowest BCUT2D eigenvalue weighted by Gasteiger charge is -2.50. The molecule has 0 aromatic carbocycles. The fourth-order valence-electron chi connectivity index (χ4n) is 2.54. The van der Waals surface area contributed by atoms with Crippen LogP contribution in [0.3, 0.4) is 0 Å². The van der Waals surface area contributed by atoms with Crippen LogP contribution in [0.25, 0.3) is 0 Å². The summed E-state index contributed by atoms with van der Waals surface area (Å²) in [5, 5.41) is 18.4. The molecule has 1 aliphatic heterocycles. The van der Waals surface area contributed by atoms with Gasteiger partial charge in [-0.25, -0.2) is 9.59 Å². The van der Waals surface area contributed by atoms with Gasteiger partial charge in [-0.1, -0.05) is 20.8 Å². The van der Waals surface area contributed by atoms with Crippen LogP contribution >= 0.6 is 0 Å². The number of morpholine rings is 1. The van der Waals surface area contributed by atoms with Gasteiger partial charge in [0.25, 0.3) is 0 Å². The van der Waals surface area contributed by atoms with Crippen molar-refractivity contribution in [1.29, 1.82) is 0 Å². The average Bonchev–Trinajstić information content (AvgIpc) is 2.14. The fourth-order valence-corrected chi connectivity index (χ4v) is 2.54. The quantitative estimate of drug-likeness (QED) is 0.726. The topological polar surface area (TPSA) is 87.1 Å². The van der Waals surface area contributed by atoms with Gasteiger partial charge in [0.05, 0.1) is 12.6 Å². The van der Waals surface area contributed by atoms with Gasteiger partial charge in [-0.15, -0.1) is 0 Å². The summed E-state index contributed by atoms with van der Waals surface area (Å²) in [6.07, 6.45) is -1.11. The molecule has 0 spiro atoms. The number of hydrogen-bond acceptors (Lipinski definition) is 3. The number of amides is 1. The zero-order valence-corrected chi connectivity index (χ0v) is 10.6. The van der Waals surface area contributed by atoms with Gasteiger partial charge in [0, 0.05) is 6.54 Å². The van der Waals surface area contributed by atoms with E-state index < -0.39 is 29.1 Å². The predicted molar refractivity (Wildman–Crippen MR) is 60.0 cm³/mol. The highest BCUT2D eigenvalue weighted by molar-refractivity contribution is 5.80. The van der Waals surface area contributed by atoms with Crippen LogP contribution in [0, 0.1) is 5.41 Å². The molecule has 1 amide bonds. The van der Waals surface area contributed by atoms with E-state index in [4.69, 9.17) is 9.84 Å². The summed E-state index contributed by atoms with van der Waals surface area (Å²) < 4.78 is 5.34. The van der Waals surface area contributed by atoms with E-state index >= 15 is 0 Å². The lowest BCUT2D eigenvalue weighted by Crippen LogP contribution is -2.67. The Morgan fingerprint density at radius 1 is 1.35 bits per heavy atom. The Hall–Kier alpha value is -1.30. The molecule has 98 valence electrons. The maximum absolute atomic E-state index is 11.4. The Balaban J connectivity index is 3.22. The minimum absolute atomic E-state index is 0.0989. The van der Waals surface area contributed by atoms with E-state index in [9.17, 15) is 14.7 Å². The molecule has 1 unspecified atom stereocenters. The summed E-state index contributed by atoms with van der Waals surface area (Å²) in [5.74, 6) is -1.14. The Morgan fingerprint density at radius 3 is 2.24 bits per heavy atom.